The van der Waals surface area contributed by atoms with Crippen LogP contribution in [0.4, 0.5) is 0 Å². The standard InChI is InChI=1S/C13H18O3/c1-4-16-13(14)10(2)9-11-5-7-12(15-3)8-6-11/h5-8,10H,4,9H2,1-3H3/i9D. The van der Waals surface area contributed by atoms with Gasteiger partial charge in [0.25, 0.3) is 0 Å². The summed E-state index contributed by atoms with van der Waals surface area (Å²) >= 11 is 0. The minimum atomic E-state index is -0.611. The molecule has 16 heavy (non-hydrogen) atoms. The largest absolute Gasteiger partial charge is 0.497 e. The van der Waals surface area contributed by atoms with Crippen molar-refractivity contribution in [3.05, 3.63) is 29.8 Å². The summed E-state index contributed by atoms with van der Waals surface area (Å²) in [6.45, 7) is 3.81. The molecule has 0 amide bonds. The maximum absolute atomic E-state index is 11.5. The van der Waals surface area contributed by atoms with Gasteiger partial charge in [-0.1, -0.05) is 19.1 Å². The molecule has 0 radical (unpaired) electrons. The monoisotopic (exact) mass is 223 g/mol. The van der Waals surface area contributed by atoms with Gasteiger partial charge in [-0.3, -0.25) is 4.79 Å². The lowest BCUT2D eigenvalue weighted by Crippen LogP contribution is -2.16. The highest BCUT2D eigenvalue weighted by atomic mass is 16.5. The highest BCUT2D eigenvalue weighted by Gasteiger charge is 2.14. The van der Waals surface area contributed by atoms with E-state index >= 15 is 0 Å². The summed E-state index contributed by atoms with van der Waals surface area (Å²) in [5.74, 6) is -0.0589. The van der Waals surface area contributed by atoms with Crippen molar-refractivity contribution in [3.8, 4) is 5.75 Å². The molecule has 3 nitrogen and oxygen atoms in total. The second kappa shape index (κ2) is 6.16. The van der Waals surface area contributed by atoms with Crippen molar-refractivity contribution in [2.24, 2.45) is 5.92 Å². The third kappa shape index (κ3) is 3.57. The Kier molecular flexibility index (Phi) is 4.23. The number of carbonyl (C=O) groups is 1. The minimum Gasteiger partial charge on any atom is -0.497 e. The van der Waals surface area contributed by atoms with Crippen LogP contribution in [0, 0.1) is 5.92 Å². The van der Waals surface area contributed by atoms with E-state index in [1.807, 2.05) is 0 Å². The topological polar surface area (TPSA) is 35.5 Å². The van der Waals surface area contributed by atoms with Gasteiger partial charge in [0.2, 0.25) is 0 Å². The molecule has 0 bridgehead atoms. The van der Waals surface area contributed by atoms with Crippen LogP contribution in [0.5, 0.6) is 5.75 Å². The first kappa shape index (κ1) is 11.0. The summed E-state index contributed by atoms with van der Waals surface area (Å²) in [5.41, 5.74) is 0.784. The summed E-state index contributed by atoms with van der Waals surface area (Å²) in [4.78, 5) is 11.5. The highest BCUT2D eigenvalue weighted by molar-refractivity contribution is 5.72. The highest BCUT2D eigenvalue weighted by Crippen LogP contribution is 2.15. The fraction of sp³-hybridized carbons (Fsp3) is 0.462. The average molecular weight is 223 g/mol. The second-order valence-electron chi connectivity index (χ2n) is 3.48. The Balaban J connectivity index is 2.73. The molecule has 0 aliphatic rings. The van der Waals surface area contributed by atoms with Crippen LogP contribution in [-0.2, 0) is 15.9 Å². The van der Waals surface area contributed by atoms with E-state index in [9.17, 15) is 4.79 Å². The Morgan fingerprint density at radius 1 is 1.44 bits per heavy atom. The predicted octanol–water partition coefficient (Wildman–Crippen LogP) is 2.44. The second-order valence-corrected chi connectivity index (χ2v) is 3.48. The maximum atomic E-state index is 11.5. The van der Waals surface area contributed by atoms with E-state index in [4.69, 9.17) is 10.8 Å². The fourth-order valence-electron chi connectivity index (χ4n) is 1.35. The van der Waals surface area contributed by atoms with Gasteiger partial charge in [-0.05, 0) is 31.0 Å². The first-order chi connectivity index (χ1) is 8.10. The van der Waals surface area contributed by atoms with Crippen LogP contribution in [0.25, 0.3) is 0 Å². The van der Waals surface area contributed by atoms with Crippen molar-refractivity contribution in [3.63, 3.8) is 0 Å². The van der Waals surface area contributed by atoms with Crippen LogP contribution >= 0.6 is 0 Å². The molecule has 3 heteroatoms. The number of carbonyl (C=O) groups excluding carboxylic acids is 1. The zero-order chi connectivity index (χ0) is 12.8. The van der Waals surface area contributed by atoms with Crippen LogP contribution in [0.15, 0.2) is 24.3 Å². The fourth-order valence-corrected chi connectivity index (χ4v) is 1.35. The number of benzene rings is 1. The molecule has 1 aromatic carbocycles. The van der Waals surface area contributed by atoms with E-state index in [-0.39, 0.29) is 5.97 Å². The third-order valence-electron chi connectivity index (χ3n) is 2.22. The molecule has 0 heterocycles. The Bertz CT molecular complexity index is 361. The molecule has 0 saturated heterocycles. The van der Waals surface area contributed by atoms with E-state index < -0.39 is 12.3 Å². The Morgan fingerprint density at radius 3 is 2.56 bits per heavy atom. The Labute approximate surface area is 97.8 Å². The van der Waals surface area contributed by atoms with Crippen LogP contribution in [0.2, 0.25) is 0 Å². The molecule has 0 aromatic heterocycles. The number of rotatable bonds is 5. The van der Waals surface area contributed by atoms with E-state index in [1.165, 1.54) is 0 Å². The molecule has 1 aromatic rings. The van der Waals surface area contributed by atoms with Gasteiger partial charge >= 0.3 is 5.97 Å². The summed E-state index contributed by atoms with van der Waals surface area (Å²) < 4.78 is 18.0. The first-order valence-corrected chi connectivity index (χ1v) is 5.33. The zero-order valence-electron chi connectivity index (χ0n) is 10.9. The molecule has 2 atom stereocenters. The van der Waals surface area contributed by atoms with Crippen LogP contribution in [0.1, 0.15) is 20.8 Å². The Morgan fingerprint density at radius 2 is 2.06 bits per heavy atom. The lowest BCUT2D eigenvalue weighted by atomic mass is 10.0. The van der Waals surface area contributed by atoms with Gasteiger partial charge in [-0.15, -0.1) is 0 Å². The maximum Gasteiger partial charge on any atom is 0.308 e. The van der Waals surface area contributed by atoms with E-state index in [0.29, 0.717) is 6.61 Å². The van der Waals surface area contributed by atoms with Crippen molar-refractivity contribution in [1.82, 2.24) is 0 Å². The van der Waals surface area contributed by atoms with Gasteiger partial charge in [0.15, 0.2) is 0 Å². The average Bonchev–Trinajstić information content (AvgIpc) is 2.37. The van der Waals surface area contributed by atoms with Gasteiger partial charge in [0.05, 0.1) is 19.6 Å². The van der Waals surface area contributed by atoms with Gasteiger partial charge in [0.1, 0.15) is 5.75 Å². The normalized spacial score (nSPS) is 14.8. The van der Waals surface area contributed by atoms with Gasteiger partial charge in [-0.25, -0.2) is 0 Å². The molecular weight excluding hydrogens is 204 g/mol. The number of esters is 1. The molecule has 0 N–H and O–H groups in total. The first-order valence-electron chi connectivity index (χ1n) is 5.90. The molecule has 0 saturated carbocycles. The quantitative estimate of drug-likeness (QED) is 0.719. The van der Waals surface area contributed by atoms with Crippen molar-refractivity contribution in [2.75, 3.05) is 13.7 Å². The van der Waals surface area contributed by atoms with Crippen molar-refractivity contribution < 1.29 is 15.6 Å². The summed E-state index contributed by atoms with van der Waals surface area (Å²) in [6, 6.07) is 7.17. The molecule has 0 spiro atoms. The molecule has 88 valence electrons. The minimum absolute atomic E-state index is 0.330. The van der Waals surface area contributed by atoms with Crippen molar-refractivity contribution in [2.45, 2.75) is 20.2 Å². The van der Waals surface area contributed by atoms with Crippen LogP contribution < -0.4 is 4.74 Å². The van der Waals surface area contributed by atoms with Gasteiger partial charge in [-0.2, -0.15) is 0 Å². The molecule has 0 aliphatic carbocycles. The number of ether oxygens (including phenoxy) is 2. The smallest absolute Gasteiger partial charge is 0.308 e. The summed E-state index contributed by atoms with van der Waals surface area (Å²) in [5, 5.41) is 0. The lowest BCUT2D eigenvalue weighted by molar-refractivity contribution is -0.147. The van der Waals surface area contributed by atoms with Gasteiger partial charge < -0.3 is 9.47 Å². The molecule has 2 unspecified atom stereocenters. The molecular formula is C13H18O3. The SMILES string of the molecule is [2H]C(c1ccc(OC)cc1)C(C)C(=O)OCC. The van der Waals surface area contributed by atoms with Crippen molar-refractivity contribution in [1.29, 1.82) is 0 Å². The van der Waals surface area contributed by atoms with Crippen LogP contribution in [0.3, 0.4) is 0 Å². The molecule has 1 rings (SSSR count). The molecule has 0 aliphatic heterocycles. The summed E-state index contributed by atoms with van der Waals surface area (Å²) in [7, 11) is 1.59. The van der Waals surface area contributed by atoms with E-state index in [2.05, 4.69) is 0 Å². The Hall–Kier alpha value is -1.51. The van der Waals surface area contributed by atoms with E-state index in [0.717, 1.165) is 11.3 Å². The number of hydrogen-bond donors (Lipinski definition) is 0. The van der Waals surface area contributed by atoms with Crippen LogP contribution in [-0.4, -0.2) is 19.7 Å². The zero-order valence-corrected chi connectivity index (χ0v) is 9.90. The summed E-state index contributed by atoms with van der Waals surface area (Å²) in [6.07, 6.45) is -0.611. The lowest BCUT2D eigenvalue weighted by Gasteiger charge is -2.10. The predicted molar refractivity (Wildman–Crippen MR) is 62.5 cm³/mol. The third-order valence-corrected chi connectivity index (χ3v) is 2.22. The van der Waals surface area contributed by atoms with Gasteiger partial charge in [0, 0.05) is 1.37 Å². The van der Waals surface area contributed by atoms with Crippen molar-refractivity contribution >= 4 is 5.97 Å². The molecule has 0 fully saturated rings. The number of methoxy groups -OCH3 is 1. The number of hydrogen-bond acceptors (Lipinski definition) is 3. The van der Waals surface area contributed by atoms with E-state index in [1.54, 1.807) is 45.2 Å².